The van der Waals surface area contributed by atoms with Crippen LogP contribution in [-0.4, -0.2) is 29.5 Å². The number of benzene rings is 1. The van der Waals surface area contributed by atoms with Gasteiger partial charge in [-0.1, -0.05) is 0 Å². The van der Waals surface area contributed by atoms with Crippen LogP contribution >= 0.6 is 0 Å². The van der Waals surface area contributed by atoms with Crippen LogP contribution in [0.15, 0.2) is 42.7 Å². The molecule has 0 aliphatic heterocycles. The highest BCUT2D eigenvalue weighted by atomic mass is 15.3. The molecular weight excluding hydrogens is 340 g/mol. The van der Waals surface area contributed by atoms with Gasteiger partial charge in [0.15, 0.2) is 5.82 Å². The van der Waals surface area contributed by atoms with Crippen molar-refractivity contribution >= 4 is 34.0 Å². The lowest BCUT2D eigenvalue weighted by atomic mass is 10.1. The Balaban J connectivity index is 1.69. The Morgan fingerprint density at radius 1 is 1.11 bits per heavy atom. The van der Waals surface area contributed by atoms with Crippen LogP contribution in [0.2, 0.25) is 0 Å². The predicted octanol–water partition coefficient (Wildman–Crippen LogP) is 3.54. The number of hydrogen-bond donors (Lipinski definition) is 4. The van der Waals surface area contributed by atoms with Gasteiger partial charge in [-0.15, -0.1) is 0 Å². The van der Waals surface area contributed by atoms with Crippen LogP contribution in [0.3, 0.4) is 0 Å². The summed E-state index contributed by atoms with van der Waals surface area (Å²) in [5.74, 6) is 1.34. The fourth-order valence-corrected chi connectivity index (χ4v) is 3.29. The molecule has 0 unspecified atom stereocenters. The maximum absolute atomic E-state index is 6.21. The van der Waals surface area contributed by atoms with Crippen molar-refractivity contribution in [3.05, 3.63) is 54.1 Å². The van der Waals surface area contributed by atoms with Crippen molar-refractivity contribution in [2.24, 2.45) is 0 Å². The first-order valence-corrected chi connectivity index (χ1v) is 8.59. The Bertz CT molecular complexity index is 1290. The lowest BCUT2D eigenvalue weighted by Gasteiger charge is -2.10. The summed E-state index contributed by atoms with van der Waals surface area (Å²) in [6.45, 7) is 3.91. The number of rotatable bonds is 3. The van der Waals surface area contributed by atoms with Gasteiger partial charge in [-0.2, -0.15) is 5.10 Å². The van der Waals surface area contributed by atoms with Crippen LogP contribution in [-0.2, 0) is 0 Å². The van der Waals surface area contributed by atoms with Crippen LogP contribution in [0.5, 0.6) is 0 Å². The van der Waals surface area contributed by atoms with Gasteiger partial charge in [0, 0.05) is 41.2 Å². The van der Waals surface area contributed by atoms with Crippen LogP contribution < -0.4 is 11.1 Å². The highest BCUT2D eigenvalue weighted by molar-refractivity contribution is 5.94. The first-order chi connectivity index (χ1) is 13.1. The Labute approximate surface area is 154 Å². The molecule has 5 rings (SSSR count). The molecule has 134 valence electrons. The molecule has 0 fully saturated rings. The third kappa shape index (κ3) is 2.58. The minimum Gasteiger partial charge on any atom is -0.397 e. The number of anilines is 3. The highest BCUT2D eigenvalue weighted by Crippen LogP contribution is 2.29. The van der Waals surface area contributed by atoms with Crippen molar-refractivity contribution in [3.63, 3.8) is 0 Å². The zero-order valence-corrected chi connectivity index (χ0v) is 14.9. The largest absolute Gasteiger partial charge is 0.397 e. The minimum absolute atomic E-state index is 0.641. The van der Waals surface area contributed by atoms with E-state index in [0.29, 0.717) is 17.5 Å². The summed E-state index contributed by atoms with van der Waals surface area (Å²) in [6, 6.07) is 9.88. The molecule has 0 radical (unpaired) electrons. The van der Waals surface area contributed by atoms with Crippen molar-refractivity contribution in [2.45, 2.75) is 13.8 Å². The van der Waals surface area contributed by atoms with Gasteiger partial charge >= 0.3 is 0 Å². The second-order valence-corrected chi connectivity index (χ2v) is 6.64. The van der Waals surface area contributed by atoms with E-state index in [4.69, 9.17) is 10.7 Å². The Kier molecular flexibility index (Phi) is 3.20. The Morgan fingerprint density at radius 3 is 2.81 bits per heavy atom. The molecule has 1 aromatic carbocycles. The van der Waals surface area contributed by atoms with Crippen molar-refractivity contribution < 1.29 is 0 Å². The number of fused-ring (bicyclic) bond motifs is 2. The summed E-state index contributed by atoms with van der Waals surface area (Å²) < 4.78 is 1.92. The molecule has 0 saturated heterocycles. The molecule has 8 heteroatoms. The van der Waals surface area contributed by atoms with Gasteiger partial charge in [0.2, 0.25) is 5.95 Å². The molecule has 0 saturated carbocycles. The van der Waals surface area contributed by atoms with Crippen LogP contribution in [0, 0.1) is 13.8 Å². The summed E-state index contributed by atoms with van der Waals surface area (Å²) in [4.78, 5) is 12.6. The quantitative estimate of drug-likeness (QED) is 0.368. The van der Waals surface area contributed by atoms with E-state index in [1.54, 1.807) is 0 Å². The lowest BCUT2D eigenvalue weighted by Crippen LogP contribution is -2.03. The number of nitrogen functional groups attached to an aromatic ring is 1. The number of imidazole rings is 1. The molecule has 0 bridgehead atoms. The van der Waals surface area contributed by atoms with Crippen molar-refractivity contribution in [1.29, 1.82) is 0 Å². The molecule has 0 spiro atoms. The zero-order valence-electron chi connectivity index (χ0n) is 14.9. The van der Waals surface area contributed by atoms with E-state index >= 15 is 0 Å². The normalized spacial score (nSPS) is 11.5. The molecule has 4 aromatic heterocycles. The van der Waals surface area contributed by atoms with E-state index in [-0.39, 0.29) is 0 Å². The molecule has 4 heterocycles. The number of H-pyrrole nitrogens is 2. The second-order valence-electron chi connectivity index (χ2n) is 6.64. The maximum Gasteiger partial charge on any atom is 0.215 e. The SMILES string of the molecule is Cc1cn2c(Nc3cc(C)[nH]n3)nc(-c3cc(N)c4[nH]ccc4c3)cc2n1. The number of aromatic nitrogens is 6. The van der Waals surface area contributed by atoms with Gasteiger partial charge < -0.3 is 16.0 Å². The number of aromatic amines is 2. The summed E-state index contributed by atoms with van der Waals surface area (Å²) in [5.41, 5.74) is 12.2. The number of nitrogens with one attached hydrogen (secondary N) is 3. The summed E-state index contributed by atoms with van der Waals surface area (Å²) in [5, 5.41) is 11.5. The molecule has 5 aromatic rings. The van der Waals surface area contributed by atoms with Gasteiger partial charge in [0.05, 0.1) is 22.6 Å². The smallest absolute Gasteiger partial charge is 0.215 e. The molecule has 0 aliphatic rings. The van der Waals surface area contributed by atoms with Gasteiger partial charge in [0.25, 0.3) is 0 Å². The third-order valence-electron chi connectivity index (χ3n) is 4.51. The topological polar surface area (TPSA) is 113 Å². The monoisotopic (exact) mass is 358 g/mol. The van der Waals surface area contributed by atoms with Crippen LogP contribution in [0.25, 0.3) is 27.8 Å². The Hall–Kier alpha value is -3.81. The second kappa shape index (κ2) is 5.60. The van der Waals surface area contributed by atoms with Crippen molar-refractivity contribution in [3.8, 4) is 11.3 Å². The Morgan fingerprint density at radius 2 is 2.00 bits per heavy atom. The number of hydrogen-bond acceptors (Lipinski definition) is 5. The molecule has 0 atom stereocenters. The average molecular weight is 358 g/mol. The number of aryl methyl sites for hydroxylation is 2. The van der Waals surface area contributed by atoms with Gasteiger partial charge in [0.1, 0.15) is 5.65 Å². The fourth-order valence-electron chi connectivity index (χ4n) is 3.29. The first-order valence-electron chi connectivity index (χ1n) is 8.59. The third-order valence-corrected chi connectivity index (χ3v) is 4.51. The minimum atomic E-state index is 0.641. The molecule has 0 aliphatic carbocycles. The maximum atomic E-state index is 6.21. The summed E-state index contributed by atoms with van der Waals surface area (Å²) in [6.07, 6.45) is 3.82. The van der Waals surface area contributed by atoms with E-state index < -0.39 is 0 Å². The lowest BCUT2D eigenvalue weighted by molar-refractivity contribution is 1.03. The zero-order chi connectivity index (χ0) is 18.5. The summed E-state index contributed by atoms with van der Waals surface area (Å²) in [7, 11) is 0. The highest BCUT2D eigenvalue weighted by Gasteiger charge is 2.13. The number of nitrogens with zero attached hydrogens (tertiary/aromatic N) is 4. The standard InChI is InChI=1S/C19H18N8/c1-10-5-16(26-25-10)24-19-23-15(8-17-22-11(2)9-27(17)19)13-6-12-3-4-21-18(12)14(20)7-13/h3-9,21H,20H2,1-2H3,(H2,23,24,25,26). The number of nitrogens with two attached hydrogens (primary N) is 1. The molecule has 8 nitrogen and oxygen atoms in total. The first kappa shape index (κ1) is 15.4. The molecule has 5 N–H and O–H groups in total. The fraction of sp³-hybridized carbons (Fsp3) is 0.105. The van der Waals surface area contributed by atoms with Crippen molar-refractivity contribution in [2.75, 3.05) is 11.1 Å². The van der Waals surface area contributed by atoms with Crippen molar-refractivity contribution in [1.82, 2.24) is 29.5 Å². The molecule has 0 amide bonds. The molecule has 27 heavy (non-hydrogen) atoms. The van der Waals surface area contributed by atoms with Gasteiger partial charge in [-0.3, -0.25) is 9.50 Å². The van der Waals surface area contributed by atoms with Gasteiger partial charge in [-0.05, 0) is 32.0 Å². The average Bonchev–Trinajstić information content (AvgIpc) is 3.34. The van der Waals surface area contributed by atoms with E-state index in [2.05, 4.69) is 31.5 Å². The van der Waals surface area contributed by atoms with Gasteiger partial charge in [-0.25, -0.2) is 9.97 Å². The van der Waals surface area contributed by atoms with E-state index in [0.717, 1.165) is 39.2 Å². The predicted molar refractivity (Wildman–Crippen MR) is 106 cm³/mol. The molecular formula is C19H18N8. The van der Waals surface area contributed by atoms with E-state index in [1.807, 2.05) is 54.9 Å². The van der Waals surface area contributed by atoms with E-state index in [9.17, 15) is 0 Å². The van der Waals surface area contributed by atoms with Crippen LogP contribution in [0.4, 0.5) is 17.5 Å². The van der Waals surface area contributed by atoms with E-state index in [1.165, 1.54) is 0 Å². The van der Waals surface area contributed by atoms with Crippen LogP contribution in [0.1, 0.15) is 11.4 Å². The summed E-state index contributed by atoms with van der Waals surface area (Å²) >= 11 is 0.